The van der Waals surface area contributed by atoms with Gasteiger partial charge in [0.2, 0.25) is 0 Å². The van der Waals surface area contributed by atoms with E-state index in [1.54, 1.807) is 0 Å². The lowest BCUT2D eigenvalue weighted by molar-refractivity contribution is -0.167. The molecule has 402 valence electrons. The summed E-state index contributed by atoms with van der Waals surface area (Å²) in [5, 5.41) is 0. The highest BCUT2D eigenvalue weighted by molar-refractivity contribution is 5.71. The van der Waals surface area contributed by atoms with Crippen molar-refractivity contribution >= 4 is 17.9 Å². The van der Waals surface area contributed by atoms with Crippen LogP contribution in [-0.2, 0) is 28.6 Å². The van der Waals surface area contributed by atoms with Crippen LogP contribution in [0.15, 0.2) is 48.6 Å². The highest BCUT2D eigenvalue weighted by Gasteiger charge is 2.19. The normalized spacial score (nSPS) is 12.3. The van der Waals surface area contributed by atoms with Gasteiger partial charge in [-0.3, -0.25) is 14.4 Å². The van der Waals surface area contributed by atoms with E-state index in [1.807, 2.05) is 0 Å². The van der Waals surface area contributed by atoms with E-state index in [4.69, 9.17) is 14.2 Å². The van der Waals surface area contributed by atoms with E-state index in [2.05, 4.69) is 69.4 Å². The molecule has 0 heterocycles. The zero-order chi connectivity index (χ0) is 50.0. The first-order valence-electron chi connectivity index (χ1n) is 30.1. The van der Waals surface area contributed by atoms with E-state index in [9.17, 15) is 14.4 Å². The minimum atomic E-state index is -0.773. The number of esters is 3. The summed E-state index contributed by atoms with van der Waals surface area (Å²) in [6.45, 7) is 6.61. The van der Waals surface area contributed by atoms with Gasteiger partial charge in [-0.2, -0.15) is 0 Å². The van der Waals surface area contributed by atoms with Crippen molar-refractivity contribution in [3.05, 3.63) is 48.6 Å². The Labute approximate surface area is 428 Å². The molecule has 0 aliphatic rings. The largest absolute Gasteiger partial charge is 0.462 e. The zero-order valence-electron chi connectivity index (χ0n) is 46.1. The molecule has 0 saturated heterocycles. The lowest BCUT2D eigenvalue weighted by Crippen LogP contribution is -2.30. The zero-order valence-corrected chi connectivity index (χ0v) is 46.1. The number of allylic oxidation sites excluding steroid dienone is 8. The summed E-state index contributed by atoms with van der Waals surface area (Å²) < 4.78 is 16.8. The molecule has 0 fully saturated rings. The van der Waals surface area contributed by atoms with Crippen molar-refractivity contribution in [2.24, 2.45) is 0 Å². The SMILES string of the molecule is CCCCCCC/C=C\C/C=C\CCCCCCCCCCCCCC(=O)OCC(COC(=O)CCCCCCCCC)OC(=O)CCCCCCCCCCC/C=C\C/C=C\CCCCCCC. The van der Waals surface area contributed by atoms with Gasteiger partial charge < -0.3 is 14.2 Å². The molecule has 6 nitrogen and oxygen atoms in total. The van der Waals surface area contributed by atoms with Crippen molar-refractivity contribution in [3.63, 3.8) is 0 Å². The molecule has 0 amide bonds. The topological polar surface area (TPSA) is 78.9 Å². The van der Waals surface area contributed by atoms with Crippen LogP contribution in [0.4, 0.5) is 0 Å². The fourth-order valence-corrected chi connectivity index (χ4v) is 8.74. The van der Waals surface area contributed by atoms with Gasteiger partial charge in [-0.05, 0) is 83.5 Å². The van der Waals surface area contributed by atoms with Crippen LogP contribution in [0.2, 0.25) is 0 Å². The van der Waals surface area contributed by atoms with Gasteiger partial charge in [-0.1, -0.05) is 262 Å². The molecular formula is C63H114O6. The average molecular weight is 968 g/mol. The molecule has 0 aromatic carbocycles. The molecule has 0 N–H and O–H groups in total. The van der Waals surface area contributed by atoms with Crippen molar-refractivity contribution in [1.29, 1.82) is 0 Å². The van der Waals surface area contributed by atoms with Crippen molar-refractivity contribution < 1.29 is 28.6 Å². The van der Waals surface area contributed by atoms with Crippen molar-refractivity contribution in [3.8, 4) is 0 Å². The van der Waals surface area contributed by atoms with Gasteiger partial charge >= 0.3 is 17.9 Å². The molecule has 0 saturated carbocycles. The quantitative estimate of drug-likeness (QED) is 0.0262. The third-order valence-corrected chi connectivity index (χ3v) is 13.3. The Kier molecular flexibility index (Phi) is 55.7. The van der Waals surface area contributed by atoms with E-state index >= 15 is 0 Å². The summed E-state index contributed by atoms with van der Waals surface area (Å²) in [5.41, 5.74) is 0. The van der Waals surface area contributed by atoms with E-state index in [0.717, 1.165) is 70.6 Å². The average Bonchev–Trinajstić information content (AvgIpc) is 3.35. The maximum absolute atomic E-state index is 12.8. The van der Waals surface area contributed by atoms with E-state index in [0.29, 0.717) is 19.3 Å². The summed E-state index contributed by atoms with van der Waals surface area (Å²) >= 11 is 0. The first-order chi connectivity index (χ1) is 34.0. The molecule has 69 heavy (non-hydrogen) atoms. The smallest absolute Gasteiger partial charge is 0.306 e. The van der Waals surface area contributed by atoms with Crippen LogP contribution in [0.5, 0.6) is 0 Å². The molecule has 0 aliphatic heterocycles. The second-order valence-corrected chi connectivity index (χ2v) is 20.3. The van der Waals surface area contributed by atoms with E-state index in [-0.39, 0.29) is 31.1 Å². The van der Waals surface area contributed by atoms with Gasteiger partial charge in [-0.25, -0.2) is 0 Å². The van der Waals surface area contributed by atoms with Gasteiger partial charge in [0.1, 0.15) is 13.2 Å². The predicted octanol–water partition coefficient (Wildman–Crippen LogP) is 20.2. The van der Waals surface area contributed by atoms with Crippen LogP contribution in [0.3, 0.4) is 0 Å². The summed E-state index contributed by atoms with van der Waals surface area (Å²) in [4.78, 5) is 38.0. The minimum absolute atomic E-state index is 0.0733. The second-order valence-electron chi connectivity index (χ2n) is 20.3. The molecule has 0 bridgehead atoms. The highest BCUT2D eigenvalue weighted by Crippen LogP contribution is 2.16. The fraction of sp³-hybridized carbons (Fsp3) is 0.825. The molecule has 0 aromatic rings. The monoisotopic (exact) mass is 967 g/mol. The molecule has 0 aliphatic carbocycles. The number of unbranched alkanes of at least 4 members (excludes halogenated alkanes) is 36. The first kappa shape index (κ1) is 66.4. The van der Waals surface area contributed by atoms with Gasteiger partial charge in [0, 0.05) is 19.3 Å². The van der Waals surface area contributed by atoms with Gasteiger partial charge in [0.25, 0.3) is 0 Å². The number of ether oxygens (including phenoxy) is 3. The number of carbonyl (C=O) groups excluding carboxylic acids is 3. The van der Waals surface area contributed by atoms with Crippen LogP contribution in [-0.4, -0.2) is 37.2 Å². The van der Waals surface area contributed by atoms with E-state index < -0.39 is 6.10 Å². The van der Waals surface area contributed by atoms with Gasteiger partial charge in [0.05, 0.1) is 0 Å². The summed E-state index contributed by atoms with van der Waals surface area (Å²) in [5.74, 6) is -0.872. The van der Waals surface area contributed by atoms with Crippen LogP contribution in [0.25, 0.3) is 0 Å². The van der Waals surface area contributed by atoms with Crippen molar-refractivity contribution in [2.45, 2.75) is 322 Å². The Bertz CT molecular complexity index is 1200. The number of rotatable bonds is 55. The lowest BCUT2D eigenvalue weighted by Gasteiger charge is -2.18. The first-order valence-corrected chi connectivity index (χ1v) is 30.1. The van der Waals surface area contributed by atoms with Gasteiger partial charge in [0.15, 0.2) is 6.10 Å². The summed E-state index contributed by atoms with van der Waals surface area (Å²) in [6, 6.07) is 0. The maximum Gasteiger partial charge on any atom is 0.306 e. The van der Waals surface area contributed by atoms with Crippen molar-refractivity contribution in [2.75, 3.05) is 13.2 Å². The molecule has 0 radical (unpaired) electrons. The van der Waals surface area contributed by atoms with Crippen LogP contribution >= 0.6 is 0 Å². The third-order valence-electron chi connectivity index (χ3n) is 13.3. The highest BCUT2D eigenvalue weighted by atomic mass is 16.6. The fourth-order valence-electron chi connectivity index (χ4n) is 8.74. The van der Waals surface area contributed by atoms with Crippen LogP contribution in [0.1, 0.15) is 316 Å². The Morgan fingerprint density at radius 1 is 0.290 bits per heavy atom. The number of hydrogen-bond donors (Lipinski definition) is 0. The second kappa shape index (κ2) is 57.9. The van der Waals surface area contributed by atoms with Crippen molar-refractivity contribution in [1.82, 2.24) is 0 Å². The Morgan fingerprint density at radius 3 is 0.797 bits per heavy atom. The Morgan fingerprint density at radius 2 is 0.522 bits per heavy atom. The Hall–Kier alpha value is -2.63. The number of carbonyl (C=O) groups is 3. The van der Waals surface area contributed by atoms with Crippen LogP contribution < -0.4 is 0 Å². The molecule has 0 spiro atoms. The van der Waals surface area contributed by atoms with Crippen LogP contribution in [0, 0.1) is 0 Å². The minimum Gasteiger partial charge on any atom is -0.462 e. The molecule has 1 unspecified atom stereocenters. The molecule has 1 atom stereocenters. The van der Waals surface area contributed by atoms with E-state index in [1.165, 1.54) is 205 Å². The predicted molar refractivity (Wildman–Crippen MR) is 298 cm³/mol. The molecule has 0 aromatic heterocycles. The standard InChI is InChI=1S/C63H114O6/c1-4-7-10-13-16-18-20-22-24-26-28-30-31-33-34-36-38-40-42-44-47-50-53-56-62(65)68-59-60(58-67-61(64)55-52-49-46-15-12-9-6-3)69-63(66)57-54-51-48-45-43-41-39-37-35-32-29-27-25-23-21-19-17-14-11-8-5-2/h20-23,26-29,60H,4-19,24-25,30-59H2,1-3H3/b22-20-,23-21-,28-26-,29-27-. The number of hydrogen-bond acceptors (Lipinski definition) is 6. The molecule has 6 heteroatoms. The summed E-state index contributed by atoms with van der Waals surface area (Å²) in [6.07, 6.45) is 71.3. The molecular weight excluding hydrogens is 853 g/mol. The van der Waals surface area contributed by atoms with Gasteiger partial charge in [-0.15, -0.1) is 0 Å². The third kappa shape index (κ3) is 56.2. The Balaban J connectivity index is 4.16. The molecule has 0 rings (SSSR count). The maximum atomic E-state index is 12.8. The lowest BCUT2D eigenvalue weighted by atomic mass is 10.0. The summed E-state index contributed by atoms with van der Waals surface area (Å²) in [7, 11) is 0.